The normalized spacial score (nSPS) is 11.7. The highest BCUT2D eigenvalue weighted by Gasteiger charge is 2.20. The standard InChI is InChI=1S/C23H27N5O3S2/c1-3-4-6-17-8-10-18(11-9-17)28-33(29,30)24-13-12-19-22(20-15-16(2)31-27-20)25-26-23(19)21-7-5-14-32-21/h5,7-11,14-15,24,28H,3-4,6,12-13H2,1-2H3,(H,25,26). The van der Waals surface area contributed by atoms with Crippen molar-refractivity contribution in [2.45, 2.75) is 39.5 Å². The molecule has 0 bridgehead atoms. The van der Waals surface area contributed by atoms with Gasteiger partial charge in [0.25, 0.3) is 10.2 Å². The van der Waals surface area contributed by atoms with E-state index in [9.17, 15) is 8.42 Å². The fourth-order valence-corrected chi connectivity index (χ4v) is 5.18. The van der Waals surface area contributed by atoms with Crippen LogP contribution in [0.5, 0.6) is 0 Å². The molecule has 0 radical (unpaired) electrons. The zero-order valence-corrected chi connectivity index (χ0v) is 20.2. The Morgan fingerprint density at radius 2 is 1.97 bits per heavy atom. The summed E-state index contributed by atoms with van der Waals surface area (Å²) in [4.78, 5) is 1.02. The molecule has 8 nitrogen and oxygen atoms in total. The van der Waals surface area contributed by atoms with E-state index in [4.69, 9.17) is 4.52 Å². The number of nitrogens with zero attached hydrogens (tertiary/aromatic N) is 2. The van der Waals surface area contributed by atoms with Crippen LogP contribution in [0.15, 0.2) is 52.4 Å². The van der Waals surface area contributed by atoms with E-state index in [2.05, 4.69) is 31.7 Å². The Labute approximate surface area is 197 Å². The zero-order valence-electron chi connectivity index (χ0n) is 18.6. The van der Waals surface area contributed by atoms with Gasteiger partial charge in [-0.3, -0.25) is 9.82 Å². The molecule has 10 heteroatoms. The maximum atomic E-state index is 12.6. The number of aryl methyl sites for hydroxylation is 2. The number of aromatic amines is 1. The van der Waals surface area contributed by atoms with Crippen LogP contribution in [-0.2, 0) is 23.1 Å². The van der Waals surface area contributed by atoms with Crippen LogP contribution in [0, 0.1) is 6.92 Å². The van der Waals surface area contributed by atoms with Gasteiger partial charge in [0.1, 0.15) is 17.1 Å². The molecule has 0 amide bonds. The van der Waals surface area contributed by atoms with E-state index in [0.717, 1.165) is 35.4 Å². The van der Waals surface area contributed by atoms with E-state index >= 15 is 0 Å². The molecular weight excluding hydrogens is 458 g/mol. The van der Waals surface area contributed by atoms with Gasteiger partial charge in [-0.2, -0.15) is 18.2 Å². The van der Waals surface area contributed by atoms with Gasteiger partial charge in [0.15, 0.2) is 0 Å². The first kappa shape index (κ1) is 23.2. The molecule has 3 aromatic heterocycles. The van der Waals surface area contributed by atoms with Gasteiger partial charge >= 0.3 is 0 Å². The van der Waals surface area contributed by atoms with Gasteiger partial charge in [0.05, 0.1) is 10.6 Å². The van der Waals surface area contributed by atoms with E-state index in [0.29, 0.717) is 29.3 Å². The van der Waals surface area contributed by atoms with Crippen molar-refractivity contribution in [3.63, 3.8) is 0 Å². The molecule has 3 heterocycles. The number of unbranched alkanes of at least 4 members (excludes halogenated alkanes) is 1. The third-order valence-corrected chi connectivity index (χ3v) is 7.17. The van der Waals surface area contributed by atoms with E-state index in [1.807, 2.05) is 42.6 Å². The summed E-state index contributed by atoms with van der Waals surface area (Å²) < 4.78 is 35.6. The smallest absolute Gasteiger partial charge is 0.299 e. The number of hydrogen-bond donors (Lipinski definition) is 3. The first-order valence-corrected chi connectivity index (χ1v) is 13.2. The van der Waals surface area contributed by atoms with Crippen molar-refractivity contribution in [1.29, 1.82) is 0 Å². The van der Waals surface area contributed by atoms with Crippen LogP contribution in [-0.4, -0.2) is 30.3 Å². The topological polar surface area (TPSA) is 113 Å². The highest BCUT2D eigenvalue weighted by Crippen LogP contribution is 2.32. The Morgan fingerprint density at radius 1 is 1.15 bits per heavy atom. The summed E-state index contributed by atoms with van der Waals surface area (Å²) in [7, 11) is -3.72. The molecule has 33 heavy (non-hydrogen) atoms. The van der Waals surface area contributed by atoms with Crippen molar-refractivity contribution < 1.29 is 12.9 Å². The van der Waals surface area contributed by atoms with Crippen molar-refractivity contribution in [2.24, 2.45) is 0 Å². The Morgan fingerprint density at radius 3 is 2.64 bits per heavy atom. The number of thiophene rings is 1. The van der Waals surface area contributed by atoms with Crippen molar-refractivity contribution in [3.05, 3.63) is 64.7 Å². The molecule has 0 fully saturated rings. The summed E-state index contributed by atoms with van der Waals surface area (Å²) in [6, 6.07) is 13.3. The molecule has 4 aromatic rings. The first-order valence-electron chi connectivity index (χ1n) is 10.9. The second-order valence-electron chi connectivity index (χ2n) is 7.78. The minimum atomic E-state index is -3.72. The second kappa shape index (κ2) is 10.3. The fourth-order valence-electron chi connectivity index (χ4n) is 3.55. The van der Waals surface area contributed by atoms with Gasteiger partial charge in [-0.15, -0.1) is 11.3 Å². The summed E-state index contributed by atoms with van der Waals surface area (Å²) >= 11 is 1.58. The Bertz CT molecular complexity index is 1280. The van der Waals surface area contributed by atoms with Crippen molar-refractivity contribution in [1.82, 2.24) is 20.1 Å². The largest absolute Gasteiger partial charge is 0.361 e. The van der Waals surface area contributed by atoms with Crippen molar-refractivity contribution in [2.75, 3.05) is 11.3 Å². The summed E-state index contributed by atoms with van der Waals surface area (Å²) in [5, 5.41) is 13.6. The van der Waals surface area contributed by atoms with Crippen molar-refractivity contribution >= 4 is 27.2 Å². The van der Waals surface area contributed by atoms with Gasteiger partial charge in [-0.25, -0.2) is 0 Å². The predicted molar refractivity (Wildman–Crippen MR) is 131 cm³/mol. The highest BCUT2D eigenvalue weighted by molar-refractivity contribution is 7.90. The molecule has 0 saturated carbocycles. The molecule has 0 atom stereocenters. The Kier molecular flexibility index (Phi) is 7.26. The highest BCUT2D eigenvalue weighted by atomic mass is 32.2. The maximum absolute atomic E-state index is 12.6. The fraction of sp³-hybridized carbons (Fsp3) is 0.304. The lowest BCUT2D eigenvalue weighted by atomic mass is 10.1. The van der Waals surface area contributed by atoms with Crippen LogP contribution in [0.25, 0.3) is 22.0 Å². The van der Waals surface area contributed by atoms with Gasteiger partial charge in [0.2, 0.25) is 0 Å². The average Bonchev–Trinajstić information content (AvgIpc) is 3.53. The van der Waals surface area contributed by atoms with Gasteiger partial charge < -0.3 is 4.52 Å². The molecule has 0 aliphatic rings. The molecule has 0 unspecified atom stereocenters. The van der Waals surface area contributed by atoms with Crippen LogP contribution in [0.4, 0.5) is 5.69 Å². The number of aromatic nitrogens is 3. The molecule has 0 spiro atoms. The SMILES string of the molecule is CCCCc1ccc(NS(=O)(=O)NCCc2c(-c3cc(C)on3)n[nH]c2-c2cccs2)cc1. The third kappa shape index (κ3) is 5.89. The monoisotopic (exact) mass is 485 g/mol. The molecule has 0 saturated heterocycles. The van der Waals surface area contributed by atoms with Crippen LogP contribution in [0.3, 0.4) is 0 Å². The third-order valence-electron chi connectivity index (χ3n) is 5.20. The summed E-state index contributed by atoms with van der Waals surface area (Å²) in [6.45, 7) is 4.17. The predicted octanol–water partition coefficient (Wildman–Crippen LogP) is 4.93. The Balaban J connectivity index is 1.44. The lowest BCUT2D eigenvalue weighted by Gasteiger charge is -2.10. The van der Waals surface area contributed by atoms with E-state index < -0.39 is 10.2 Å². The Hall–Kier alpha value is -2.95. The van der Waals surface area contributed by atoms with Crippen LogP contribution in [0.1, 0.15) is 36.7 Å². The average molecular weight is 486 g/mol. The van der Waals surface area contributed by atoms with Gasteiger partial charge in [0, 0.05) is 23.9 Å². The minimum Gasteiger partial charge on any atom is -0.361 e. The second-order valence-corrected chi connectivity index (χ2v) is 10.2. The molecule has 1 aromatic carbocycles. The van der Waals surface area contributed by atoms with Gasteiger partial charge in [-0.05, 0) is 55.3 Å². The lowest BCUT2D eigenvalue weighted by molar-refractivity contribution is 0.399. The number of nitrogens with one attached hydrogen (secondary N) is 3. The molecule has 174 valence electrons. The van der Waals surface area contributed by atoms with E-state index in [1.54, 1.807) is 23.5 Å². The molecule has 3 N–H and O–H groups in total. The summed E-state index contributed by atoms with van der Waals surface area (Å²) in [5.41, 5.74) is 4.74. The van der Waals surface area contributed by atoms with Crippen LogP contribution >= 0.6 is 11.3 Å². The van der Waals surface area contributed by atoms with Crippen LogP contribution in [0.2, 0.25) is 0 Å². The molecule has 0 aliphatic carbocycles. The quantitative estimate of drug-likeness (QED) is 0.279. The zero-order chi connectivity index (χ0) is 23.3. The lowest BCUT2D eigenvalue weighted by Crippen LogP contribution is -2.31. The maximum Gasteiger partial charge on any atom is 0.299 e. The molecule has 0 aliphatic heterocycles. The summed E-state index contributed by atoms with van der Waals surface area (Å²) in [5.74, 6) is 0.683. The number of rotatable bonds is 11. The number of H-pyrrole nitrogens is 1. The number of anilines is 1. The van der Waals surface area contributed by atoms with Gasteiger partial charge in [-0.1, -0.05) is 36.7 Å². The first-order chi connectivity index (χ1) is 15.9. The van der Waals surface area contributed by atoms with Crippen LogP contribution < -0.4 is 9.44 Å². The minimum absolute atomic E-state index is 0.200. The van der Waals surface area contributed by atoms with Crippen molar-refractivity contribution in [3.8, 4) is 22.0 Å². The molecule has 4 rings (SSSR count). The van der Waals surface area contributed by atoms with E-state index in [-0.39, 0.29) is 6.54 Å². The number of hydrogen-bond acceptors (Lipinski definition) is 6. The summed E-state index contributed by atoms with van der Waals surface area (Å²) in [6.07, 6.45) is 3.67. The van der Waals surface area contributed by atoms with E-state index in [1.165, 1.54) is 5.56 Å². The molecular formula is C23H27N5O3S2. The number of benzene rings is 1.